The predicted molar refractivity (Wildman–Crippen MR) is 84.9 cm³/mol. The van der Waals surface area contributed by atoms with E-state index in [1.54, 1.807) is 18.9 Å². The van der Waals surface area contributed by atoms with E-state index in [1.807, 2.05) is 12.1 Å². The maximum atomic E-state index is 12.8. The van der Waals surface area contributed by atoms with Gasteiger partial charge in [0, 0.05) is 13.6 Å². The summed E-state index contributed by atoms with van der Waals surface area (Å²) in [5, 5.41) is 0. The minimum absolute atomic E-state index is 0.0348. The first-order valence-electron chi connectivity index (χ1n) is 8.44. The molecule has 6 nitrogen and oxygen atoms in total. The monoisotopic (exact) mass is 331 g/mol. The van der Waals surface area contributed by atoms with Crippen molar-refractivity contribution < 1.29 is 23.8 Å². The average Bonchev–Trinajstić information content (AvgIpc) is 3.02. The minimum Gasteiger partial charge on any atom is -0.466 e. The molecule has 0 unspecified atom stereocenters. The zero-order chi connectivity index (χ0) is 16.8. The lowest BCUT2D eigenvalue weighted by Crippen LogP contribution is -2.50. The fraction of sp³-hybridized carbons (Fsp3) is 0.556. The highest BCUT2D eigenvalue weighted by molar-refractivity contribution is 5.90. The first-order valence-corrected chi connectivity index (χ1v) is 8.44. The van der Waals surface area contributed by atoms with Crippen LogP contribution in [0.3, 0.4) is 0 Å². The van der Waals surface area contributed by atoms with Crippen LogP contribution in [0.25, 0.3) is 0 Å². The van der Waals surface area contributed by atoms with Gasteiger partial charge in [0.05, 0.1) is 18.4 Å². The van der Waals surface area contributed by atoms with E-state index in [1.165, 1.54) is 0 Å². The van der Waals surface area contributed by atoms with Crippen LogP contribution in [0, 0.1) is 11.8 Å². The van der Waals surface area contributed by atoms with Gasteiger partial charge in [0.1, 0.15) is 0 Å². The lowest BCUT2D eigenvalue weighted by atomic mass is 9.65. The lowest BCUT2D eigenvalue weighted by molar-refractivity contribution is -0.155. The fourth-order valence-electron chi connectivity index (χ4n) is 4.20. The number of ether oxygens (including phenoxy) is 3. The van der Waals surface area contributed by atoms with Crippen LogP contribution in [-0.2, 0) is 20.7 Å². The number of nitrogens with zero attached hydrogens (tertiary/aromatic N) is 1. The summed E-state index contributed by atoms with van der Waals surface area (Å²) < 4.78 is 16.2. The van der Waals surface area contributed by atoms with Crippen molar-refractivity contribution in [3.8, 4) is 11.5 Å². The number of fused-ring (bicyclic) bond motifs is 3. The van der Waals surface area contributed by atoms with Gasteiger partial charge in [-0.05, 0) is 48.9 Å². The Morgan fingerprint density at radius 2 is 2.08 bits per heavy atom. The second-order valence-electron chi connectivity index (χ2n) is 6.67. The molecule has 1 aromatic rings. The third-order valence-corrected chi connectivity index (χ3v) is 5.36. The summed E-state index contributed by atoms with van der Waals surface area (Å²) in [4.78, 5) is 27.2. The first-order chi connectivity index (χ1) is 11.6. The van der Waals surface area contributed by atoms with E-state index in [0.29, 0.717) is 18.1 Å². The van der Waals surface area contributed by atoms with Crippen LogP contribution in [0.5, 0.6) is 11.5 Å². The normalized spacial score (nSPS) is 27.5. The summed E-state index contributed by atoms with van der Waals surface area (Å²) in [5.74, 6) is 0.311. The molecular formula is C18H21NO5. The third kappa shape index (κ3) is 2.24. The zero-order valence-corrected chi connectivity index (χ0v) is 13.9. The summed E-state index contributed by atoms with van der Waals surface area (Å²) in [6, 6.07) is 3.82. The Balaban J connectivity index is 1.82. The van der Waals surface area contributed by atoms with Crippen molar-refractivity contribution in [3.05, 3.63) is 23.3 Å². The Morgan fingerprint density at radius 3 is 2.83 bits per heavy atom. The second-order valence-corrected chi connectivity index (χ2v) is 6.67. The molecule has 1 fully saturated rings. The van der Waals surface area contributed by atoms with Gasteiger partial charge in [-0.2, -0.15) is 0 Å². The molecule has 24 heavy (non-hydrogen) atoms. The standard InChI is InChI=1S/C18H21NO5/c1-3-22-18(21)16-12-8-14-13(23-9-24-14)7-11(12)6-10-4-5-19(2)17(20)15(10)16/h7-8,10,15-16H,3-6,9H2,1-2H3/t10-,15+,16+/m1/s1. The molecular weight excluding hydrogens is 310 g/mol. The number of esters is 1. The van der Waals surface area contributed by atoms with Crippen LogP contribution in [0.2, 0.25) is 0 Å². The molecule has 1 aromatic carbocycles. The Kier molecular flexibility index (Phi) is 3.62. The van der Waals surface area contributed by atoms with Gasteiger partial charge < -0.3 is 19.1 Å². The van der Waals surface area contributed by atoms with Crippen molar-refractivity contribution in [1.29, 1.82) is 0 Å². The number of hydrogen-bond acceptors (Lipinski definition) is 5. The molecule has 3 aliphatic rings. The molecule has 1 aliphatic carbocycles. The molecule has 0 aromatic heterocycles. The van der Waals surface area contributed by atoms with E-state index in [9.17, 15) is 9.59 Å². The largest absolute Gasteiger partial charge is 0.466 e. The third-order valence-electron chi connectivity index (χ3n) is 5.36. The Labute approximate surface area is 140 Å². The van der Waals surface area contributed by atoms with Crippen LogP contribution in [-0.4, -0.2) is 43.8 Å². The van der Waals surface area contributed by atoms with E-state index in [0.717, 1.165) is 30.5 Å². The van der Waals surface area contributed by atoms with Gasteiger partial charge in [0.15, 0.2) is 11.5 Å². The molecule has 6 heteroatoms. The number of likely N-dealkylation sites (tertiary alicyclic amines) is 1. The maximum absolute atomic E-state index is 12.8. The van der Waals surface area contributed by atoms with Gasteiger partial charge in [0.2, 0.25) is 12.7 Å². The molecule has 0 N–H and O–H groups in total. The summed E-state index contributed by atoms with van der Waals surface area (Å²) in [5.41, 5.74) is 1.92. The van der Waals surface area contributed by atoms with Gasteiger partial charge in [-0.15, -0.1) is 0 Å². The predicted octanol–water partition coefficient (Wildman–Crippen LogP) is 1.71. The Morgan fingerprint density at radius 1 is 1.33 bits per heavy atom. The van der Waals surface area contributed by atoms with Gasteiger partial charge in [-0.25, -0.2) is 0 Å². The van der Waals surface area contributed by atoms with Crippen molar-refractivity contribution in [1.82, 2.24) is 4.90 Å². The van der Waals surface area contributed by atoms with Crippen molar-refractivity contribution in [3.63, 3.8) is 0 Å². The number of carbonyl (C=O) groups is 2. The van der Waals surface area contributed by atoms with E-state index >= 15 is 0 Å². The fourth-order valence-corrected chi connectivity index (χ4v) is 4.20. The second kappa shape index (κ2) is 5.69. The molecule has 0 bridgehead atoms. The van der Waals surface area contributed by atoms with Crippen LogP contribution < -0.4 is 9.47 Å². The molecule has 0 saturated carbocycles. The van der Waals surface area contributed by atoms with Crippen LogP contribution in [0.4, 0.5) is 0 Å². The number of carbonyl (C=O) groups excluding carboxylic acids is 2. The number of amides is 1. The molecule has 3 atom stereocenters. The molecule has 4 rings (SSSR count). The summed E-state index contributed by atoms with van der Waals surface area (Å²) in [6.07, 6.45) is 1.68. The first kappa shape index (κ1) is 15.3. The molecule has 2 heterocycles. The van der Waals surface area contributed by atoms with Gasteiger partial charge in [-0.1, -0.05) is 0 Å². The van der Waals surface area contributed by atoms with Gasteiger partial charge in [-0.3, -0.25) is 9.59 Å². The Bertz CT molecular complexity index is 701. The van der Waals surface area contributed by atoms with Crippen molar-refractivity contribution >= 4 is 11.9 Å². The summed E-state index contributed by atoms with van der Waals surface area (Å²) in [6.45, 7) is 3.01. The van der Waals surface area contributed by atoms with Crippen molar-refractivity contribution in [2.75, 3.05) is 27.0 Å². The molecule has 0 radical (unpaired) electrons. The Hall–Kier alpha value is -2.24. The minimum atomic E-state index is -0.566. The lowest BCUT2D eigenvalue weighted by Gasteiger charge is -2.43. The van der Waals surface area contributed by atoms with Gasteiger partial charge in [0.25, 0.3) is 0 Å². The number of rotatable bonds is 2. The quantitative estimate of drug-likeness (QED) is 0.772. The average molecular weight is 331 g/mol. The molecule has 0 spiro atoms. The molecule has 2 aliphatic heterocycles. The molecule has 128 valence electrons. The van der Waals surface area contributed by atoms with E-state index in [-0.39, 0.29) is 30.5 Å². The van der Waals surface area contributed by atoms with E-state index in [2.05, 4.69) is 0 Å². The highest BCUT2D eigenvalue weighted by atomic mass is 16.7. The van der Waals surface area contributed by atoms with Crippen LogP contribution >= 0.6 is 0 Å². The van der Waals surface area contributed by atoms with E-state index in [4.69, 9.17) is 14.2 Å². The summed E-state index contributed by atoms with van der Waals surface area (Å²) >= 11 is 0. The SMILES string of the molecule is CCOC(=O)[C@H]1c2cc3c(cc2C[C@H]2CCN(C)C(=O)[C@@H]21)OCO3. The maximum Gasteiger partial charge on any atom is 0.314 e. The van der Waals surface area contributed by atoms with Crippen molar-refractivity contribution in [2.45, 2.75) is 25.7 Å². The zero-order valence-electron chi connectivity index (χ0n) is 13.9. The van der Waals surface area contributed by atoms with Crippen LogP contribution in [0.15, 0.2) is 12.1 Å². The highest BCUT2D eigenvalue weighted by Gasteiger charge is 2.49. The molecule has 1 amide bonds. The number of hydrogen-bond donors (Lipinski definition) is 0. The molecule has 1 saturated heterocycles. The number of piperidine rings is 1. The van der Waals surface area contributed by atoms with Crippen molar-refractivity contribution in [2.24, 2.45) is 11.8 Å². The van der Waals surface area contributed by atoms with Crippen LogP contribution in [0.1, 0.15) is 30.4 Å². The van der Waals surface area contributed by atoms with Gasteiger partial charge >= 0.3 is 5.97 Å². The smallest absolute Gasteiger partial charge is 0.314 e. The van der Waals surface area contributed by atoms with E-state index < -0.39 is 5.92 Å². The topological polar surface area (TPSA) is 65.1 Å². The summed E-state index contributed by atoms with van der Waals surface area (Å²) in [7, 11) is 1.80. The highest BCUT2D eigenvalue weighted by Crippen LogP contribution is 2.48. The number of benzene rings is 1.